The van der Waals surface area contributed by atoms with Crippen LogP contribution in [0.15, 0.2) is 48.5 Å². The summed E-state index contributed by atoms with van der Waals surface area (Å²) < 4.78 is 31.6. The highest BCUT2D eigenvalue weighted by molar-refractivity contribution is 7.79. The summed E-state index contributed by atoms with van der Waals surface area (Å²) in [5, 5.41) is 0. The zero-order chi connectivity index (χ0) is 43.7. The maximum atomic E-state index is 8.74. The van der Waals surface area contributed by atoms with Crippen molar-refractivity contribution in [2.24, 2.45) is 0 Å². The molecule has 0 saturated carbocycles. The number of nitrogens with zero attached hydrogens (tertiary/aromatic N) is 2. The molecule has 0 fully saturated rings. The topological polar surface area (TPSA) is 81.1 Å². The number of anilines is 2. The second-order valence-corrected chi connectivity index (χ2v) is 18.5. The summed E-state index contributed by atoms with van der Waals surface area (Å²) in [6.07, 6.45) is 48.5. The fourth-order valence-corrected chi connectivity index (χ4v) is 8.04. The molecule has 7 heteroatoms. The van der Waals surface area contributed by atoms with Gasteiger partial charge in [-0.15, -0.1) is 0 Å². The molecule has 0 amide bonds. The van der Waals surface area contributed by atoms with Crippen molar-refractivity contribution in [2.45, 2.75) is 232 Å². The Kier molecular flexibility index (Phi) is 39.8. The first kappa shape index (κ1) is 56.9. The normalized spacial score (nSPS) is 11.1. The van der Waals surface area contributed by atoms with Crippen LogP contribution >= 0.6 is 0 Å². The maximum Gasteiger partial charge on any atom is 0.394 e. The maximum absolute atomic E-state index is 8.74. The first-order valence-electron chi connectivity index (χ1n) is 24.7. The highest BCUT2D eigenvalue weighted by Crippen LogP contribution is 2.22. The molecule has 0 heterocycles. The average molecular weight is 845 g/mol. The third-order valence-electron chi connectivity index (χ3n) is 11.5. The average Bonchev–Trinajstić information content (AvgIpc) is 3.20. The van der Waals surface area contributed by atoms with E-state index in [0.29, 0.717) is 0 Å². The number of para-hydroxylation sites is 2. The molecule has 0 spiro atoms. The minimum Gasteiger partial charge on any atom is -0.377 e. The van der Waals surface area contributed by atoms with E-state index < -0.39 is 10.4 Å². The Bertz CT molecular complexity index is 1190. The van der Waals surface area contributed by atoms with Crippen LogP contribution in [0.2, 0.25) is 0 Å². The van der Waals surface area contributed by atoms with E-state index in [1.807, 2.05) is 0 Å². The molecule has 0 radical (unpaired) electrons. The molecule has 59 heavy (non-hydrogen) atoms. The Hall–Kier alpha value is -2.09. The molecule has 0 aliphatic heterocycles. The summed E-state index contributed by atoms with van der Waals surface area (Å²) in [5.74, 6) is 0. The van der Waals surface area contributed by atoms with Crippen molar-refractivity contribution in [3.8, 4) is 0 Å². The number of unbranched alkanes of at least 4 members (excludes halogenated alkanes) is 30. The summed E-state index contributed by atoms with van der Waals surface area (Å²) in [5.41, 5.74) is 5.79. The molecule has 2 rings (SSSR count). The van der Waals surface area contributed by atoms with Gasteiger partial charge in [0.1, 0.15) is 0 Å². The molecule has 0 bridgehead atoms. The molecule has 0 aromatic heterocycles. The van der Waals surface area contributed by atoms with E-state index in [0.717, 1.165) is 0 Å². The fraction of sp³-hybridized carbons (Fsp3) is 0.769. The number of hydrogen-bond acceptors (Lipinski definition) is 4. The van der Waals surface area contributed by atoms with E-state index in [1.165, 1.54) is 241 Å². The zero-order valence-corrected chi connectivity index (χ0v) is 40.5. The summed E-state index contributed by atoms with van der Waals surface area (Å²) >= 11 is 0. The smallest absolute Gasteiger partial charge is 0.377 e. The molecular weight excluding hydrogens is 749 g/mol. The highest BCUT2D eigenvalue weighted by Gasteiger charge is 2.05. The van der Waals surface area contributed by atoms with Crippen LogP contribution in [0, 0.1) is 0 Å². The Morgan fingerprint density at radius 2 is 0.542 bits per heavy atom. The second kappa shape index (κ2) is 41.3. The SMILES string of the molecule is CCCCCCCCCCCCCCCCCCc1ccccc1N(C)C.CCCCCCCCCCCCCCCCCCc1ccccc1N(C)C.O=S(=O)(O)O. The van der Waals surface area contributed by atoms with E-state index in [-0.39, 0.29) is 0 Å². The standard InChI is InChI=1S/2C26H47N.H2O4S/c2*1-4-5-6-7-8-9-10-11-12-13-14-15-16-17-18-19-22-25-23-20-21-24-26(25)27(2)3;1-5(2,3)4/h2*20-21,23-24H,4-19,22H2,1-3H3;(H2,1,2,3,4). The summed E-state index contributed by atoms with van der Waals surface area (Å²) in [4.78, 5) is 4.48. The molecule has 0 aliphatic carbocycles. The zero-order valence-electron chi connectivity index (χ0n) is 39.7. The lowest BCUT2D eigenvalue weighted by molar-refractivity contribution is 0.381. The molecule has 0 atom stereocenters. The van der Waals surface area contributed by atoms with E-state index in [4.69, 9.17) is 17.5 Å². The molecule has 2 aromatic carbocycles. The molecule has 0 saturated heterocycles. The molecule has 0 aliphatic rings. The van der Waals surface area contributed by atoms with Crippen molar-refractivity contribution < 1.29 is 17.5 Å². The van der Waals surface area contributed by atoms with Gasteiger partial charge < -0.3 is 9.80 Å². The Labute approximate surface area is 367 Å². The molecule has 344 valence electrons. The van der Waals surface area contributed by atoms with Crippen LogP contribution in [0.5, 0.6) is 0 Å². The molecule has 2 aromatic rings. The van der Waals surface area contributed by atoms with Gasteiger partial charge in [-0.1, -0.05) is 243 Å². The second-order valence-electron chi connectivity index (χ2n) is 17.6. The molecule has 2 N–H and O–H groups in total. The summed E-state index contributed by atoms with van der Waals surface area (Å²) in [6, 6.07) is 17.7. The van der Waals surface area contributed by atoms with Crippen molar-refractivity contribution in [1.29, 1.82) is 0 Å². The van der Waals surface area contributed by atoms with Crippen molar-refractivity contribution in [3.63, 3.8) is 0 Å². The van der Waals surface area contributed by atoms with Crippen LogP contribution in [-0.4, -0.2) is 45.7 Å². The third kappa shape index (κ3) is 39.8. The lowest BCUT2D eigenvalue weighted by Crippen LogP contribution is -2.11. The predicted molar refractivity (Wildman–Crippen MR) is 262 cm³/mol. The third-order valence-corrected chi connectivity index (χ3v) is 11.5. The lowest BCUT2D eigenvalue weighted by Gasteiger charge is -2.17. The van der Waals surface area contributed by atoms with Gasteiger partial charge in [0.05, 0.1) is 0 Å². The Balaban J connectivity index is 0.00000102. The first-order valence-corrected chi connectivity index (χ1v) is 26.1. The van der Waals surface area contributed by atoms with E-state index >= 15 is 0 Å². The van der Waals surface area contributed by atoms with Gasteiger partial charge in [-0.3, -0.25) is 9.11 Å². The van der Waals surface area contributed by atoms with Crippen LogP contribution in [0.1, 0.15) is 230 Å². The van der Waals surface area contributed by atoms with E-state index in [2.05, 4.69) is 100 Å². The number of hydrogen-bond donors (Lipinski definition) is 2. The van der Waals surface area contributed by atoms with Gasteiger partial charge >= 0.3 is 10.4 Å². The van der Waals surface area contributed by atoms with Crippen LogP contribution in [0.25, 0.3) is 0 Å². The van der Waals surface area contributed by atoms with Gasteiger partial charge in [0.15, 0.2) is 0 Å². The van der Waals surface area contributed by atoms with Gasteiger partial charge in [0, 0.05) is 39.6 Å². The van der Waals surface area contributed by atoms with Gasteiger partial charge in [0.25, 0.3) is 0 Å². The van der Waals surface area contributed by atoms with Crippen LogP contribution in [0.4, 0.5) is 11.4 Å². The number of rotatable bonds is 36. The number of benzene rings is 2. The van der Waals surface area contributed by atoms with Crippen molar-refractivity contribution in [3.05, 3.63) is 59.7 Å². The largest absolute Gasteiger partial charge is 0.394 e. The molecule has 6 nitrogen and oxygen atoms in total. The fourth-order valence-electron chi connectivity index (χ4n) is 8.04. The van der Waals surface area contributed by atoms with Crippen LogP contribution in [-0.2, 0) is 23.2 Å². The lowest BCUT2D eigenvalue weighted by atomic mass is 10.0. The van der Waals surface area contributed by atoms with Gasteiger partial charge in [0.2, 0.25) is 0 Å². The quantitative estimate of drug-likeness (QED) is 0.0525. The highest BCUT2D eigenvalue weighted by atomic mass is 32.3. The minimum atomic E-state index is -4.67. The first-order chi connectivity index (χ1) is 28.5. The van der Waals surface area contributed by atoms with Crippen LogP contribution in [0.3, 0.4) is 0 Å². The van der Waals surface area contributed by atoms with Gasteiger partial charge in [-0.2, -0.15) is 8.42 Å². The van der Waals surface area contributed by atoms with Gasteiger partial charge in [-0.05, 0) is 48.9 Å². The van der Waals surface area contributed by atoms with Crippen molar-refractivity contribution in [1.82, 2.24) is 0 Å². The Morgan fingerprint density at radius 3 is 0.746 bits per heavy atom. The van der Waals surface area contributed by atoms with E-state index in [9.17, 15) is 0 Å². The number of aryl methyl sites for hydroxylation is 2. The predicted octanol–water partition coefficient (Wildman–Crippen LogP) is 16.5. The molecule has 0 unspecified atom stereocenters. The molecular formula is C52H96N2O4S. The van der Waals surface area contributed by atoms with Crippen molar-refractivity contribution in [2.75, 3.05) is 38.0 Å². The van der Waals surface area contributed by atoms with E-state index in [1.54, 1.807) is 0 Å². The van der Waals surface area contributed by atoms with Crippen LogP contribution < -0.4 is 9.80 Å². The van der Waals surface area contributed by atoms with Gasteiger partial charge in [-0.25, -0.2) is 0 Å². The Morgan fingerprint density at radius 1 is 0.356 bits per heavy atom. The summed E-state index contributed by atoms with van der Waals surface area (Å²) in [7, 11) is 3.91. The monoisotopic (exact) mass is 845 g/mol. The summed E-state index contributed by atoms with van der Waals surface area (Å²) in [6.45, 7) is 4.59. The van der Waals surface area contributed by atoms with Crippen molar-refractivity contribution >= 4 is 21.8 Å². The minimum absolute atomic E-state index is 1.23.